The van der Waals surface area contributed by atoms with Crippen molar-refractivity contribution < 1.29 is 9.53 Å². The van der Waals surface area contributed by atoms with Gasteiger partial charge in [0.15, 0.2) is 0 Å². The van der Waals surface area contributed by atoms with Crippen molar-refractivity contribution in [2.24, 2.45) is 17.1 Å². The molecule has 2 fully saturated rings. The van der Waals surface area contributed by atoms with Crippen LogP contribution in [0.2, 0.25) is 0 Å². The van der Waals surface area contributed by atoms with Gasteiger partial charge in [0.05, 0.1) is 6.10 Å². The van der Waals surface area contributed by atoms with Crippen LogP contribution in [-0.4, -0.2) is 55.7 Å². The predicted molar refractivity (Wildman–Crippen MR) is 97.8 cm³/mol. The molecule has 2 saturated carbocycles. The Bertz CT molecular complexity index is 432. The first-order valence-electron chi connectivity index (χ1n) is 9.59. The van der Waals surface area contributed by atoms with Crippen molar-refractivity contribution in [1.82, 2.24) is 10.2 Å². The molecule has 0 aromatic carbocycles. The van der Waals surface area contributed by atoms with Crippen molar-refractivity contribution in [3.05, 3.63) is 0 Å². The largest absolute Gasteiger partial charge is 0.378 e. The molecular weight excluding hydrogens is 302 g/mol. The van der Waals surface area contributed by atoms with Crippen LogP contribution in [0, 0.1) is 11.3 Å². The Morgan fingerprint density at radius 3 is 2.42 bits per heavy atom. The third kappa shape index (κ3) is 3.63. The summed E-state index contributed by atoms with van der Waals surface area (Å²) in [7, 11) is 4.23. The first-order chi connectivity index (χ1) is 11.2. The Balaban J connectivity index is 1.93. The summed E-state index contributed by atoms with van der Waals surface area (Å²) in [6.45, 7) is 7.42. The SMILES string of the molecule is CCOC1CC(N)(C(=O)NCC(C2CCCCC2)N(C)C)C1(C)C. The average Bonchev–Trinajstić information content (AvgIpc) is 2.55. The van der Waals surface area contributed by atoms with E-state index >= 15 is 0 Å². The molecule has 2 aliphatic rings. The Labute approximate surface area is 147 Å². The highest BCUT2D eigenvalue weighted by Crippen LogP contribution is 2.49. The Kier molecular flexibility index (Phi) is 6.32. The zero-order valence-corrected chi connectivity index (χ0v) is 16.2. The number of ether oxygens (including phenoxy) is 1. The van der Waals surface area contributed by atoms with Crippen molar-refractivity contribution >= 4 is 5.91 Å². The van der Waals surface area contributed by atoms with Crippen LogP contribution in [0.5, 0.6) is 0 Å². The molecule has 1 amide bonds. The van der Waals surface area contributed by atoms with Gasteiger partial charge in [-0.2, -0.15) is 0 Å². The van der Waals surface area contributed by atoms with Crippen LogP contribution in [0.15, 0.2) is 0 Å². The highest BCUT2D eigenvalue weighted by molar-refractivity contribution is 5.88. The lowest BCUT2D eigenvalue weighted by Gasteiger charge is -2.57. The van der Waals surface area contributed by atoms with E-state index in [4.69, 9.17) is 10.5 Å². The summed E-state index contributed by atoms with van der Waals surface area (Å²) in [6.07, 6.45) is 7.19. The number of carbonyl (C=O) groups excluding carboxylic acids is 1. The number of likely N-dealkylation sites (N-methyl/N-ethyl adjacent to an activating group) is 1. The molecule has 5 heteroatoms. The molecule has 5 nitrogen and oxygen atoms in total. The number of rotatable bonds is 7. The van der Waals surface area contributed by atoms with Gasteiger partial charge in [-0.05, 0) is 39.8 Å². The van der Waals surface area contributed by atoms with E-state index in [1.807, 2.05) is 20.8 Å². The minimum Gasteiger partial charge on any atom is -0.378 e. The predicted octanol–water partition coefficient (Wildman–Crippen LogP) is 2.15. The van der Waals surface area contributed by atoms with E-state index in [9.17, 15) is 4.79 Å². The zero-order valence-electron chi connectivity index (χ0n) is 16.2. The quantitative estimate of drug-likeness (QED) is 0.746. The number of amides is 1. The van der Waals surface area contributed by atoms with Gasteiger partial charge >= 0.3 is 0 Å². The molecule has 2 rings (SSSR count). The second-order valence-electron chi connectivity index (χ2n) is 8.48. The maximum absolute atomic E-state index is 12.8. The van der Waals surface area contributed by atoms with Crippen LogP contribution < -0.4 is 11.1 Å². The molecule has 0 heterocycles. The second kappa shape index (κ2) is 7.71. The summed E-state index contributed by atoms with van der Waals surface area (Å²) in [5, 5.41) is 3.16. The second-order valence-corrected chi connectivity index (χ2v) is 8.48. The molecule has 0 spiro atoms. The van der Waals surface area contributed by atoms with Gasteiger partial charge in [0.2, 0.25) is 5.91 Å². The van der Waals surface area contributed by atoms with Gasteiger partial charge in [-0.1, -0.05) is 33.1 Å². The van der Waals surface area contributed by atoms with E-state index in [-0.39, 0.29) is 17.4 Å². The lowest BCUT2D eigenvalue weighted by molar-refractivity contribution is -0.170. The average molecular weight is 340 g/mol. The molecule has 0 bridgehead atoms. The van der Waals surface area contributed by atoms with Crippen LogP contribution in [-0.2, 0) is 9.53 Å². The summed E-state index contributed by atoms with van der Waals surface area (Å²) in [6, 6.07) is 0.392. The van der Waals surface area contributed by atoms with Crippen molar-refractivity contribution in [2.75, 3.05) is 27.2 Å². The Hall–Kier alpha value is -0.650. The highest BCUT2D eigenvalue weighted by Gasteiger charge is 2.62. The van der Waals surface area contributed by atoms with Crippen LogP contribution in [0.3, 0.4) is 0 Å². The minimum atomic E-state index is -0.823. The number of nitrogens with one attached hydrogen (secondary N) is 1. The maximum atomic E-state index is 12.8. The van der Waals surface area contributed by atoms with Gasteiger partial charge in [0.25, 0.3) is 0 Å². The smallest absolute Gasteiger partial charge is 0.240 e. The van der Waals surface area contributed by atoms with E-state index in [0.29, 0.717) is 31.5 Å². The number of hydrogen-bond acceptors (Lipinski definition) is 4. The summed E-state index contributed by atoms with van der Waals surface area (Å²) in [5.41, 5.74) is 5.33. The number of nitrogens with zero attached hydrogens (tertiary/aromatic N) is 1. The Morgan fingerprint density at radius 1 is 1.29 bits per heavy atom. The van der Waals surface area contributed by atoms with Crippen molar-refractivity contribution in [2.45, 2.75) is 77.0 Å². The first-order valence-corrected chi connectivity index (χ1v) is 9.59. The Morgan fingerprint density at radius 2 is 1.92 bits per heavy atom. The van der Waals surface area contributed by atoms with Gasteiger partial charge in [0.1, 0.15) is 5.54 Å². The fourth-order valence-corrected chi connectivity index (χ4v) is 4.47. The van der Waals surface area contributed by atoms with Gasteiger partial charge in [-0.25, -0.2) is 0 Å². The molecule has 0 aliphatic heterocycles. The maximum Gasteiger partial charge on any atom is 0.240 e. The summed E-state index contributed by atoms with van der Waals surface area (Å²) in [5.74, 6) is 0.652. The summed E-state index contributed by atoms with van der Waals surface area (Å²) < 4.78 is 5.73. The third-order valence-electron chi connectivity index (χ3n) is 6.56. The lowest BCUT2D eigenvalue weighted by Crippen LogP contribution is -2.76. The van der Waals surface area contributed by atoms with Crippen molar-refractivity contribution in [3.8, 4) is 0 Å². The zero-order chi connectivity index (χ0) is 18.0. The highest BCUT2D eigenvalue weighted by atomic mass is 16.5. The summed E-state index contributed by atoms with van der Waals surface area (Å²) in [4.78, 5) is 15.1. The van der Waals surface area contributed by atoms with Gasteiger partial charge in [-0.3, -0.25) is 4.79 Å². The molecule has 0 radical (unpaired) electrons. The first kappa shape index (κ1) is 19.7. The molecule has 140 valence electrons. The van der Waals surface area contributed by atoms with Crippen LogP contribution in [0.4, 0.5) is 0 Å². The minimum absolute atomic E-state index is 0.0221. The van der Waals surface area contributed by atoms with Crippen molar-refractivity contribution in [1.29, 1.82) is 0 Å². The number of hydrogen-bond donors (Lipinski definition) is 2. The van der Waals surface area contributed by atoms with Gasteiger partial charge < -0.3 is 20.7 Å². The number of carbonyl (C=O) groups is 1. The molecule has 3 atom stereocenters. The normalized spacial score (nSPS) is 31.5. The van der Waals surface area contributed by atoms with E-state index in [0.717, 1.165) is 0 Å². The molecule has 3 unspecified atom stereocenters. The van der Waals surface area contributed by atoms with Gasteiger partial charge in [0, 0.05) is 31.0 Å². The number of nitrogens with two attached hydrogens (primary N) is 1. The molecule has 0 aromatic rings. The fourth-order valence-electron chi connectivity index (χ4n) is 4.47. The van der Waals surface area contributed by atoms with Crippen molar-refractivity contribution in [3.63, 3.8) is 0 Å². The molecule has 0 aromatic heterocycles. The van der Waals surface area contributed by atoms with Crippen LogP contribution in [0.1, 0.15) is 59.3 Å². The molecule has 3 N–H and O–H groups in total. The third-order valence-corrected chi connectivity index (χ3v) is 6.56. The molecule has 24 heavy (non-hydrogen) atoms. The van der Waals surface area contributed by atoms with E-state index < -0.39 is 5.54 Å². The summed E-state index contributed by atoms with van der Waals surface area (Å²) >= 11 is 0. The monoisotopic (exact) mass is 339 g/mol. The molecule has 0 saturated heterocycles. The van der Waals surface area contributed by atoms with Crippen LogP contribution in [0.25, 0.3) is 0 Å². The lowest BCUT2D eigenvalue weighted by atomic mass is 9.54. The molecule has 2 aliphatic carbocycles. The van der Waals surface area contributed by atoms with E-state index in [1.54, 1.807) is 0 Å². The fraction of sp³-hybridized carbons (Fsp3) is 0.947. The van der Waals surface area contributed by atoms with Gasteiger partial charge in [-0.15, -0.1) is 0 Å². The van der Waals surface area contributed by atoms with E-state index in [1.165, 1.54) is 32.1 Å². The standard InChI is InChI=1S/C19H37N3O2/c1-6-24-16-12-19(20,18(16,2)3)17(23)21-13-15(22(4)5)14-10-8-7-9-11-14/h14-16H,6-13,20H2,1-5H3,(H,21,23). The van der Waals surface area contributed by atoms with E-state index in [2.05, 4.69) is 24.3 Å². The topological polar surface area (TPSA) is 67.6 Å². The molecular formula is C19H37N3O2. The van der Waals surface area contributed by atoms with Crippen LogP contribution >= 0.6 is 0 Å².